The monoisotopic (exact) mass is 270 g/mol. The second-order valence-corrected chi connectivity index (χ2v) is 5.39. The van der Waals surface area contributed by atoms with E-state index < -0.39 is 0 Å². The van der Waals surface area contributed by atoms with Crippen LogP contribution < -0.4 is 5.32 Å². The predicted molar refractivity (Wildman–Crippen MR) is 76.8 cm³/mol. The first-order valence-electron chi connectivity index (χ1n) is 6.16. The zero-order valence-electron chi connectivity index (χ0n) is 10.4. The van der Waals surface area contributed by atoms with Crippen LogP contribution in [0.4, 0.5) is 0 Å². The van der Waals surface area contributed by atoms with Crippen LogP contribution in [0.25, 0.3) is 10.4 Å². The lowest BCUT2D eigenvalue weighted by atomic mass is 10.2. The van der Waals surface area contributed by atoms with E-state index in [1.807, 2.05) is 23.5 Å². The van der Waals surface area contributed by atoms with Gasteiger partial charge in [-0.2, -0.15) is 0 Å². The number of rotatable bonds is 5. The van der Waals surface area contributed by atoms with Crippen LogP contribution in [0.3, 0.4) is 0 Å². The molecule has 96 valence electrons. The molecule has 3 nitrogen and oxygen atoms in total. The van der Waals surface area contributed by atoms with Crippen molar-refractivity contribution in [3.05, 3.63) is 65.4 Å². The number of benzene rings is 1. The summed E-state index contributed by atoms with van der Waals surface area (Å²) in [6.45, 7) is 1.58. The Labute approximate surface area is 115 Å². The van der Waals surface area contributed by atoms with Crippen molar-refractivity contribution in [2.45, 2.75) is 13.1 Å². The van der Waals surface area contributed by atoms with E-state index in [2.05, 4.69) is 46.9 Å². The first-order chi connectivity index (χ1) is 9.42. The van der Waals surface area contributed by atoms with Crippen LogP contribution in [0.2, 0.25) is 0 Å². The molecular weight excluding hydrogens is 256 g/mol. The van der Waals surface area contributed by atoms with E-state index >= 15 is 0 Å². The maximum Gasteiger partial charge on any atom is 0.124 e. The molecule has 0 spiro atoms. The van der Waals surface area contributed by atoms with Gasteiger partial charge in [-0.1, -0.05) is 35.5 Å². The van der Waals surface area contributed by atoms with Gasteiger partial charge in [-0.3, -0.25) is 0 Å². The van der Waals surface area contributed by atoms with E-state index in [4.69, 9.17) is 4.52 Å². The maximum atomic E-state index is 4.79. The van der Waals surface area contributed by atoms with Gasteiger partial charge in [-0.25, -0.2) is 0 Å². The van der Waals surface area contributed by atoms with Gasteiger partial charge < -0.3 is 9.84 Å². The van der Waals surface area contributed by atoms with Crippen LogP contribution in [0.1, 0.15) is 10.6 Å². The lowest BCUT2D eigenvalue weighted by molar-refractivity contribution is 0.408. The first-order valence-corrected chi connectivity index (χ1v) is 6.97. The van der Waals surface area contributed by atoms with E-state index in [0.717, 1.165) is 18.8 Å². The molecule has 2 heterocycles. The van der Waals surface area contributed by atoms with Crippen molar-refractivity contribution in [3.8, 4) is 10.4 Å². The van der Waals surface area contributed by atoms with Crippen LogP contribution >= 0.6 is 11.3 Å². The molecule has 0 saturated carbocycles. The van der Waals surface area contributed by atoms with Crippen LogP contribution in [-0.2, 0) is 13.1 Å². The number of nitrogens with zero attached hydrogens (tertiary/aromatic N) is 1. The van der Waals surface area contributed by atoms with Crippen molar-refractivity contribution < 1.29 is 4.52 Å². The highest BCUT2D eigenvalue weighted by atomic mass is 32.1. The van der Waals surface area contributed by atoms with Crippen molar-refractivity contribution in [3.63, 3.8) is 0 Å². The Kier molecular flexibility index (Phi) is 3.72. The summed E-state index contributed by atoms with van der Waals surface area (Å²) in [5.74, 6) is 0. The highest BCUT2D eigenvalue weighted by Gasteiger charge is 2.02. The molecule has 2 aromatic heterocycles. The predicted octanol–water partition coefficient (Wildman–Crippen LogP) is 3.69. The average molecular weight is 270 g/mol. The molecule has 0 bridgehead atoms. The lowest BCUT2D eigenvalue weighted by Gasteiger charge is -1.99. The Hall–Kier alpha value is -1.91. The fourth-order valence-corrected chi connectivity index (χ4v) is 2.86. The van der Waals surface area contributed by atoms with Gasteiger partial charge in [0.05, 0.1) is 5.69 Å². The third-order valence-corrected chi connectivity index (χ3v) is 3.95. The van der Waals surface area contributed by atoms with Gasteiger partial charge in [0.15, 0.2) is 0 Å². The highest BCUT2D eigenvalue weighted by Crippen LogP contribution is 2.27. The molecular formula is C15H14N2OS. The minimum Gasteiger partial charge on any atom is -0.364 e. The van der Waals surface area contributed by atoms with Gasteiger partial charge in [0.25, 0.3) is 0 Å². The Morgan fingerprint density at radius 2 is 1.89 bits per heavy atom. The molecule has 3 rings (SSSR count). The molecule has 0 aliphatic heterocycles. The topological polar surface area (TPSA) is 38.1 Å². The number of aromatic nitrogens is 1. The largest absolute Gasteiger partial charge is 0.364 e. The number of hydrogen-bond acceptors (Lipinski definition) is 4. The molecule has 0 saturated heterocycles. The van der Waals surface area contributed by atoms with Crippen molar-refractivity contribution in [2.75, 3.05) is 0 Å². The third kappa shape index (κ3) is 3.10. The van der Waals surface area contributed by atoms with E-state index in [-0.39, 0.29) is 0 Å². The SMILES string of the molecule is c1ccc(-c2ccc(CNCc3ccon3)s2)cc1. The summed E-state index contributed by atoms with van der Waals surface area (Å²) in [5, 5.41) is 7.22. The fourth-order valence-electron chi connectivity index (χ4n) is 1.87. The summed E-state index contributed by atoms with van der Waals surface area (Å²) in [4.78, 5) is 2.63. The summed E-state index contributed by atoms with van der Waals surface area (Å²) in [5.41, 5.74) is 2.20. The van der Waals surface area contributed by atoms with Crippen LogP contribution in [0.5, 0.6) is 0 Å². The summed E-state index contributed by atoms with van der Waals surface area (Å²) in [6, 6.07) is 16.7. The molecule has 1 aromatic carbocycles. The second kappa shape index (κ2) is 5.82. The Morgan fingerprint density at radius 1 is 1.00 bits per heavy atom. The van der Waals surface area contributed by atoms with Crippen LogP contribution in [0, 0.1) is 0 Å². The van der Waals surface area contributed by atoms with Gasteiger partial charge in [0.1, 0.15) is 6.26 Å². The summed E-state index contributed by atoms with van der Waals surface area (Å²) in [6.07, 6.45) is 1.59. The van der Waals surface area contributed by atoms with Crippen molar-refractivity contribution in [1.29, 1.82) is 0 Å². The molecule has 4 heteroatoms. The van der Waals surface area contributed by atoms with E-state index in [0.29, 0.717) is 0 Å². The smallest absolute Gasteiger partial charge is 0.124 e. The standard InChI is InChI=1S/C15H14N2OS/c1-2-4-12(5-3-1)15-7-6-14(19-15)11-16-10-13-8-9-18-17-13/h1-9,16H,10-11H2. The van der Waals surface area contributed by atoms with Crippen molar-refractivity contribution in [2.24, 2.45) is 0 Å². The highest BCUT2D eigenvalue weighted by molar-refractivity contribution is 7.15. The summed E-state index contributed by atoms with van der Waals surface area (Å²) in [7, 11) is 0. The van der Waals surface area contributed by atoms with E-state index in [1.54, 1.807) is 6.26 Å². The fraction of sp³-hybridized carbons (Fsp3) is 0.133. The average Bonchev–Trinajstić information content (AvgIpc) is 3.11. The third-order valence-electron chi connectivity index (χ3n) is 2.82. The minimum atomic E-state index is 0.731. The van der Waals surface area contributed by atoms with Gasteiger partial charge in [0, 0.05) is 28.9 Å². The molecule has 0 aliphatic rings. The van der Waals surface area contributed by atoms with Gasteiger partial charge in [-0.05, 0) is 17.7 Å². The Bertz CT molecular complexity index is 617. The zero-order chi connectivity index (χ0) is 12.9. The van der Waals surface area contributed by atoms with Crippen molar-refractivity contribution in [1.82, 2.24) is 10.5 Å². The van der Waals surface area contributed by atoms with E-state index in [1.165, 1.54) is 15.3 Å². The first kappa shape index (κ1) is 12.1. The number of hydrogen-bond donors (Lipinski definition) is 1. The minimum absolute atomic E-state index is 0.731. The molecule has 0 aliphatic carbocycles. The Morgan fingerprint density at radius 3 is 2.68 bits per heavy atom. The summed E-state index contributed by atoms with van der Waals surface area (Å²) >= 11 is 1.82. The molecule has 0 atom stereocenters. The molecule has 1 N–H and O–H groups in total. The molecule has 0 unspecified atom stereocenters. The quantitative estimate of drug-likeness (QED) is 0.768. The second-order valence-electron chi connectivity index (χ2n) is 4.23. The summed E-state index contributed by atoms with van der Waals surface area (Å²) < 4.78 is 4.79. The van der Waals surface area contributed by atoms with Crippen LogP contribution in [-0.4, -0.2) is 5.16 Å². The van der Waals surface area contributed by atoms with Crippen LogP contribution in [0.15, 0.2) is 59.3 Å². The molecule has 19 heavy (non-hydrogen) atoms. The Balaban J connectivity index is 1.59. The molecule has 3 aromatic rings. The number of nitrogens with one attached hydrogen (secondary N) is 1. The number of thiophene rings is 1. The molecule has 0 radical (unpaired) electrons. The van der Waals surface area contributed by atoms with Gasteiger partial charge in [0.2, 0.25) is 0 Å². The lowest BCUT2D eigenvalue weighted by Crippen LogP contribution is -2.11. The van der Waals surface area contributed by atoms with Gasteiger partial charge in [-0.15, -0.1) is 11.3 Å². The van der Waals surface area contributed by atoms with Crippen molar-refractivity contribution >= 4 is 11.3 Å². The molecule has 0 fully saturated rings. The van der Waals surface area contributed by atoms with E-state index in [9.17, 15) is 0 Å². The molecule has 0 amide bonds. The zero-order valence-corrected chi connectivity index (χ0v) is 11.2. The van der Waals surface area contributed by atoms with Gasteiger partial charge >= 0.3 is 0 Å². The maximum absolute atomic E-state index is 4.79. The normalized spacial score (nSPS) is 10.7.